The maximum Gasteiger partial charge on any atom is 0.183 e. The highest BCUT2D eigenvalue weighted by Gasteiger charge is 2.08. The summed E-state index contributed by atoms with van der Waals surface area (Å²) in [6.07, 6.45) is 2.52. The van der Waals surface area contributed by atoms with E-state index in [0.717, 1.165) is 5.56 Å². The van der Waals surface area contributed by atoms with Gasteiger partial charge in [-0.2, -0.15) is 0 Å². The van der Waals surface area contributed by atoms with E-state index in [0.29, 0.717) is 12.4 Å². The van der Waals surface area contributed by atoms with Crippen molar-refractivity contribution in [2.45, 2.75) is 6.54 Å². The highest BCUT2D eigenvalue weighted by Crippen LogP contribution is 2.14. The van der Waals surface area contributed by atoms with Crippen LogP contribution in [0.1, 0.15) is 5.56 Å². The van der Waals surface area contributed by atoms with Crippen molar-refractivity contribution in [3.8, 4) is 0 Å². The van der Waals surface area contributed by atoms with Crippen LogP contribution < -0.4 is 4.90 Å². The first kappa shape index (κ1) is 10.5. The number of halogens is 1. The molecule has 2 aromatic rings. The molecule has 1 heterocycles. The highest BCUT2D eigenvalue weighted by molar-refractivity contribution is 5.38. The highest BCUT2D eigenvalue weighted by atomic mass is 19.1. The average molecular weight is 217 g/mol. The lowest BCUT2D eigenvalue weighted by Gasteiger charge is -2.18. The van der Waals surface area contributed by atoms with Crippen LogP contribution in [0.5, 0.6) is 0 Å². The molecule has 82 valence electrons. The zero-order valence-corrected chi connectivity index (χ0v) is 8.97. The molecular weight excluding hydrogens is 205 g/mol. The summed E-state index contributed by atoms with van der Waals surface area (Å²) in [5, 5.41) is 0. The van der Waals surface area contributed by atoms with E-state index >= 15 is 0 Å². The SMILES string of the molecule is CN(Cc1ccccc1)c1ncncc1F. The van der Waals surface area contributed by atoms with E-state index in [1.54, 1.807) is 11.9 Å². The Morgan fingerprint density at radius 1 is 1.25 bits per heavy atom. The Kier molecular flexibility index (Phi) is 3.10. The van der Waals surface area contributed by atoms with E-state index in [4.69, 9.17) is 0 Å². The molecular formula is C12H12FN3. The van der Waals surface area contributed by atoms with Gasteiger partial charge in [-0.15, -0.1) is 0 Å². The minimum absolute atomic E-state index is 0.318. The Hall–Kier alpha value is -1.97. The first-order valence-electron chi connectivity index (χ1n) is 4.98. The predicted octanol–water partition coefficient (Wildman–Crippen LogP) is 2.25. The normalized spacial score (nSPS) is 10.1. The second-order valence-electron chi connectivity index (χ2n) is 3.54. The fourth-order valence-corrected chi connectivity index (χ4v) is 1.52. The second-order valence-corrected chi connectivity index (χ2v) is 3.54. The average Bonchev–Trinajstić information content (AvgIpc) is 2.31. The molecule has 2 rings (SSSR count). The van der Waals surface area contributed by atoms with Crippen LogP contribution in [0.2, 0.25) is 0 Å². The molecule has 0 saturated carbocycles. The monoisotopic (exact) mass is 217 g/mol. The molecule has 0 N–H and O–H groups in total. The fraction of sp³-hybridized carbons (Fsp3) is 0.167. The lowest BCUT2D eigenvalue weighted by atomic mass is 10.2. The summed E-state index contributed by atoms with van der Waals surface area (Å²) in [5.41, 5.74) is 1.11. The van der Waals surface area contributed by atoms with Crippen molar-refractivity contribution >= 4 is 5.82 Å². The van der Waals surface area contributed by atoms with Crippen molar-refractivity contribution in [3.05, 3.63) is 54.2 Å². The van der Waals surface area contributed by atoms with Crippen molar-refractivity contribution < 1.29 is 4.39 Å². The molecule has 0 radical (unpaired) electrons. The standard InChI is InChI=1S/C12H12FN3/c1-16(8-10-5-3-2-4-6-10)12-11(13)7-14-9-15-12/h2-7,9H,8H2,1H3. The lowest BCUT2D eigenvalue weighted by Crippen LogP contribution is -2.19. The Bertz CT molecular complexity index is 459. The Balaban J connectivity index is 2.15. The van der Waals surface area contributed by atoms with Gasteiger partial charge < -0.3 is 4.90 Å². The second kappa shape index (κ2) is 4.70. The third kappa shape index (κ3) is 2.34. The number of anilines is 1. The Morgan fingerprint density at radius 2 is 2.00 bits per heavy atom. The summed E-state index contributed by atoms with van der Waals surface area (Å²) in [7, 11) is 1.80. The fourth-order valence-electron chi connectivity index (χ4n) is 1.52. The molecule has 0 saturated heterocycles. The van der Waals surface area contributed by atoms with Crippen LogP contribution in [-0.4, -0.2) is 17.0 Å². The summed E-state index contributed by atoms with van der Waals surface area (Å²) in [6.45, 7) is 0.620. The van der Waals surface area contributed by atoms with Gasteiger partial charge in [0, 0.05) is 13.6 Å². The quantitative estimate of drug-likeness (QED) is 0.789. The van der Waals surface area contributed by atoms with Gasteiger partial charge in [-0.1, -0.05) is 30.3 Å². The molecule has 0 spiro atoms. The molecule has 0 atom stereocenters. The van der Waals surface area contributed by atoms with E-state index in [-0.39, 0.29) is 0 Å². The van der Waals surface area contributed by atoms with Gasteiger partial charge in [-0.3, -0.25) is 0 Å². The number of nitrogens with zero attached hydrogens (tertiary/aromatic N) is 3. The molecule has 16 heavy (non-hydrogen) atoms. The minimum Gasteiger partial charge on any atom is -0.353 e. The third-order valence-electron chi connectivity index (χ3n) is 2.27. The number of hydrogen-bond acceptors (Lipinski definition) is 3. The molecule has 0 amide bonds. The summed E-state index contributed by atoms with van der Waals surface area (Å²) in [5.74, 6) is -0.0835. The van der Waals surface area contributed by atoms with E-state index in [1.165, 1.54) is 12.5 Å². The van der Waals surface area contributed by atoms with Crippen LogP contribution in [0.3, 0.4) is 0 Å². The van der Waals surface area contributed by atoms with Crippen molar-refractivity contribution in [1.82, 2.24) is 9.97 Å². The maximum atomic E-state index is 13.4. The van der Waals surface area contributed by atoms with Gasteiger partial charge in [0.1, 0.15) is 6.33 Å². The molecule has 3 nitrogen and oxygen atoms in total. The van der Waals surface area contributed by atoms with Gasteiger partial charge in [0.2, 0.25) is 0 Å². The summed E-state index contributed by atoms with van der Waals surface area (Å²) >= 11 is 0. The van der Waals surface area contributed by atoms with Gasteiger partial charge in [0.15, 0.2) is 11.6 Å². The topological polar surface area (TPSA) is 29.0 Å². The van der Waals surface area contributed by atoms with Crippen LogP contribution in [0.15, 0.2) is 42.9 Å². The van der Waals surface area contributed by atoms with E-state index < -0.39 is 5.82 Å². The summed E-state index contributed by atoms with van der Waals surface area (Å²) in [6, 6.07) is 9.86. The van der Waals surface area contributed by atoms with Crippen LogP contribution in [0.25, 0.3) is 0 Å². The smallest absolute Gasteiger partial charge is 0.183 e. The third-order valence-corrected chi connectivity index (χ3v) is 2.27. The van der Waals surface area contributed by atoms with Crippen molar-refractivity contribution in [2.24, 2.45) is 0 Å². The number of hydrogen-bond donors (Lipinski definition) is 0. The summed E-state index contributed by atoms with van der Waals surface area (Å²) in [4.78, 5) is 9.29. The van der Waals surface area contributed by atoms with Crippen molar-refractivity contribution in [1.29, 1.82) is 0 Å². The molecule has 0 unspecified atom stereocenters. The van der Waals surface area contributed by atoms with Gasteiger partial charge in [-0.05, 0) is 5.56 Å². The first-order valence-corrected chi connectivity index (χ1v) is 4.98. The van der Waals surface area contributed by atoms with Crippen molar-refractivity contribution in [3.63, 3.8) is 0 Å². The van der Waals surface area contributed by atoms with Gasteiger partial charge in [-0.25, -0.2) is 14.4 Å². The molecule has 1 aromatic carbocycles. The van der Waals surface area contributed by atoms with Crippen molar-refractivity contribution in [2.75, 3.05) is 11.9 Å². The zero-order chi connectivity index (χ0) is 11.4. The lowest BCUT2D eigenvalue weighted by molar-refractivity contribution is 0.607. The molecule has 0 aliphatic heterocycles. The number of benzene rings is 1. The largest absolute Gasteiger partial charge is 0.353 e. The van der Waals surface area contributed by atoms with Crippen LogP contribution >= 0.6 is 0 Å². The first-order chi connectivity index (χ1) is 7.77. The van der Waals surface area contributed by atoms with Gasteiger partial charge >= 0.3 is 0 Å². The van der Waals surface area contributed by atoms with Crippen LogP contribution in [-0.2, 0) is 6.54 Å². The zero-order valence-electron chi connectivity index (χ0n) is 8.97. The number of aromatic nitrogens is 2. The van der Waals surface area contributed by atoms with E-state index in [9.17, 15) is 4.39 Å². The predicted molar refractivity (Wildman–Crippen MR) is 60.5 cm³/mol. The summed E-state index contributed by atoms with van der Waals surface area (Å²) < 4.78 is 13.4. The van der Waals surface area contributed by atoms with E-state index in [2.05, 4.69) is 9.97 Å². The minimum atomic E-state index is -0.402. The molecule has 0 aliphatic rings. The molecule has 0 fully saturated rings. The molecule has 0 bridgehead atoms. The molecule has 4 heteroatoms. The van der Waals surface area contributed by atoms with Crippen LogP contribution in [0, 0.1) is 5.82 Å². The maximum absolute atomic E-state index is 13.4. The number of rotatable bonds is 3. The van der Waals surface area contributed by atoms with Crippen LogP contribution in [0.4, 0.5) is 10.2 Å². The van der Waals surface area contributed by atoms with Gasteiger partial charge in [0.25, 0.3) is 0 Å². The Labute approximate surface area is 93.6 Å². The molecule has 1 aromatic heterocycles. The Morgan fingerprint density at radius 3 is 2.69 bits per heavy atom. The van der Waals surface area contributed by atoms with Gasteiger partial charge in [0.05, 0.1) is 6.20 Å². The van der Waals surface area contributed by atoms with E-state index in [1.807, 2.05) is 30.3 Å². The molecule has 0 aliphatic carbocycles.